The minimum Gasteiger partial charge on any atom is -0.366 e. The second-order valence-corrected chi connectivity index (χ2v) is 10.6. The fraction of sp³-hybridized carbons (Fsp3) is 0.346. The first-order valence-electron chi connectivity index (χ1n) is 11.3. The molecule has 1 N–H and O–H groups in total. The van der Waals surface area contributed by atoms with Gasteiger partial charge in [-0.1, -0.05) is 43.1 Å². The monoisotopic (exact) mass is 515 g/mol. The molecule has 0 saturated carbocycles. The van der Waals surface area contributed by atoms with Gasteiger partial charge in [-0.25, -0.2) is 0 Å². The first kappa shape index (κ1) is 24.7. The Morgan fingerprint density at radius 3 is 2.56 bits per heavy atom. The molecule has 4 rings (SSSR count). The number of nitrogens with zero attached hydrogens (tertiary/aromatic N) is 2. The highest BCUT2D eigenvalue weighted by Gasteiger charge is 2.37. The van der Waals surface area contributed by atoms with Crippen LogP contribution in [0.1, 0.15) is 57.6 Å². The number of hydrogen-bond donors (Lipinski definition) is 1. The second-order valence-electron chi connectivity index (χ2n) is 9.44. The second kappa shape index (κ2) is 9.33. The van der Waals surface area contributed by atoms with E-state index in [-0.39, 0.29) is 16.2 Å². The van der Waals surface area contributed by atoms with Crippen LogP contribution in [0.25, 0.3) is 6.08 Å². The zero-order valence-electron chi connectivity index (χ0n) is 19.6. The molecule has 1 unspecified atom stereocenters. The van der Waals surface area contributed by atoms with Crippen molar-refractivity contribution in [1.82, 2.24) is 5.32 Å². The Hall–Kier alpha value is -2.41. The largest absolute Gasteiger partial charge is 0.366 e. The van der Waals surface area contributed by atoms with Gasteiger partial charge in [0.15, 0.2) is 5.11 Å². The smallest absolute Gasteiger partial charge is 0.270 e. The van der Waals surface area contributed by atoms with Gasteiger partial charge in [0.05, 0.1) is 15.7 Å². The van der Waals surface area contributed by atoms with E-state index >= 15 is 0 Å². The Kier molecular flexibility index (Phi) is 6.78. The van der Waals surface area contributed by atoms with E-state index in [1.165, 1.54) is 16.2 Å². The standard InChI is InChI=1S/C26H27Cl2N3O2S/c1-5-10-30-22-9-6-16(11-18(22)15(2)14-26(30,3)4)12-19-23(32)29-25(34)31(24(19)33)17-7-8-20(27)21(28)13-17/h6-9,11-13,15H,5,10,14H2,1-4H3,(H,29,32,34)/b19-12-. The Morgan fingerprint density at radius 2 is 1.88 bits per heavy atom. The number of thiocarbonyl (C=S) groups is 1. The van der Waals surface area contributed by atoms with Crippen LogP contribution in [-0.4, -0.2) is 29.0 Å². The summed E-state index contributed by atoms with van der Waals surface area (Å²) < 4.78 is 0. The topological polar surface area (TPSA) is 52.7 Å². The van der Waals surface area contributed by atoms with Crippen molar-refractivity contribution in [2.24, 2.45) is 0 Å². The highest BCUT2D eigenvalue weighted by molar-refractivity contribution is 7.80. The lowest BCUT2D eigenvalue weighted by atomic mass is 9.79. The van der Waals surface area contributed by atoms with Gasteiger partial charge in [0.1, 0.15) is 5.57 Å². The Balaban J connectivity index is 1.72. The van der Waals surface area contributed by atoms with E-state index in [9.17, 15) is 9.59 Å². The van der Waals surface area contributed by atoms with Gasteiger partial charge in [-0.2, -0.15) is 0 Å². The molecule has 2 aliphatic heterocycles. The summed E-state index contributed by atoms with van der Waals surface area (Å²) >= 11 is 17.4. The van der Waals surface area contributed by atoms with Crippen molar-refractivity contribution in [3.63, 3.8) is 0 Å². The van der Waals surface area contributed by atoms with Gasteiger partial charge in [0.2, 0.25) is 0 Å². The average Bonchev–Trinajstić information content (AvgIpc) is 2.76. The molecule has 178 valence electrons. The summed E-state index contributed by atoms with van der Waals surface area (Å²) in [6.07, 6.45) is 3.71. The SMILES string of the molecule is CCCN1c2ccc(/C=C3/C(=O)NC(=S)N(c4ccc(Cl)c(Cl)c4)C3=O)cc2C(C)CC1(C)C. The van der Waals surface area contributed by atoms with E-state index in [4.69, 9.17) is 35.4 Å². The van der Waals surface area contributed by atoms with Crippen molar-refractivity contribution in [2.45, 2.75) is 52.0 Å². The van der Waals surface area contributed by atoms with Gasteiger partial charge in [-0.05, 0) is 92.4 Å². The summed E-state index contributed by atoms with van der Waals surface area (Å²) in [7, 11) is 0. The number of rotatable bonds is 4. The van der Waals surface area contributed by atoms with Crippen LogP contribution < -0.4 is 15.1 Å². The molecular formula is C26H27Cl2N3O2S. The molecule has 0 spiro atoms. The molecule has 2 aromatic carbocycles. The maximum Gasteiger partial charge on any atom is 0.270 e. The van der Waals surface area contributed by atoms with Gasteiger partial charge in [0.25, 0.3) is 11.8 Å². The van der Waals surface area contributed by atoms with E-state index in [2.05, 4.69) is 50.0 Å². The summed E-state index contributed by atoms with van der Waals surface area (Å²) in [6.45, 7) is 9.95. The highest BCUT2D eigenvalue weighted by atomic mass is 35.5. The number of nitrogens with one attached hydrogen (secondary N) is 1. The van der Waals surface area contributed by atoms with Gasteiger partial charge < -0.3 is 4.90 Å². The summed E-state index contributed by atoms with van der Waals surface area (Å²) in [5.41, 5.74) is 3.74. The van der Waals surface area contributed by atoms with Crippen LogP contribution in [0.4, 0.5) is 11.4 Å². The van der Waals surface area contributed by atoms with Crippen molar-refractivity contribution in [3.8, 4) is 0 Å². The molecular weight excluding hydrogens is 489 g/mol. The zero-order chi connectivity index (χ0) is 24.8. The van der Waals surface area contributed by atoms with Crippen molar-refractivity contribution in [1.29, 1.82) is 0 Å². The van der Waals surface area contributed by atoms with Crippen LogP contribution in [0, 0.1) is 0 Å². The van der Waals surface area contributed by atoms with Crippen molar-refractivity contribution >= 4 is 69.8 Å². The maximum atomic E-state index is 13.3. The molecule has 5 nitrogen and oxygen atoms in total. The number of amides is 2. The van der Waals surface area contributed by atoms with Crippen LogP contribution in [0.15, 0.2) is 42.0 Å². The lowest BCUT2D eigenvalue weighted by molar-refractivity contribution is -0.122. The fourth-order valence-electron chi connectivity index (χ4n) is 4.93. The Bertz CT molecular complexity index is 1220. The molecule has 2 aromatic rings. The summed E-state index contributed by atoms with van der Waals surface area (Å²) in [5.74, 6) is -0.676. The zero-order valence-corrected chi connectivity index (χ0v) is 21.9. The van der Waals surface area contributed by atoms with Crippen LogP contribution >= 0.6 is 35.4 Å². The van der Waals surface area contributed by atoms with Gasteiger partial charge in [-0.3, -0.25) is 19.8 Å². The summed E-state index contributed by atoms with van der Waals surface area (Å²) in [4.78, 5) is 29.8. The average molecular weight is 516 g/mol. The normalized spacial score (nSPS) is 21.1. The third-order valence-electron chi connectivity index (χ3n) is 6.43. The van der Waals surface area contributed by atoms with E-state index in [0.717, 1.165) is 24.9 Å². The molecule has 8 heteroatoms. The highest BCUT2D eigenvalue weighted by Crippen LogP contribution is 2.44. The van der Waals surface area contributed by atoms with Gasteiger partial charge in [0, 0.05) is 17.8 Å². The van der Waals surface area contributed by atoms with Crippen LogP contribution in [-0.2, 0) is 9.59 Å². The number of carbonyl (C=O) groups is 2. The number of fused-ring (bicyclic) bond motifs is 1. The minimum absolute atomic E-state index is 0.00189. The molecule has 0 radical (unpaired) electrons. The molecule has 1 fully saturated rings. The van der Waals surface area contributed by atoms with Crippen LogP contribution in [0.3, 0.4) is 0 Å². The Labute approximate surface area is 215 Å². The third-order valence-corrected chi connectivity index (χ3v) is 7.45. The fourth-order valence-corrected chi connectivity index (χ4v) is 5.50. The van der Waals surface area contributed by atoms with Gasteiger partial charge >= 0.3 is 0 Å². The molecule has 2 aliphatic rings. The van der Waals surface area contributed by atoms with E-state index in [0.29, 0.717) is 21.7 Å². The van der Waals surface area contributed by atoms with Gasteiger partial charge in [-0.15, -0.1) is 0 Å². The van der Waals surface area contributed by atoms with Crippen molar-refractivity contribution < 1.29 is 9.59 Å². The number of anilines is 2. The molecule has 2 heterocycles. The summed E-state index contributed by atoms with van der Waals surface area (Å²) in [5, 5.41) is 3.27. The van der Waals surface area contributed by atoms with Crippen LogP contribution in [0.5, 0.6) is 0 Å². The number of carbonyl (C=O) groups excluding carboxylic acids is 2. The number of hydrogen-bond acceptors (Lipinski definition) is 4. The van der Waals surface area contributed by atoms with Crippen molar-refractivity contribution in [2.75, 3.05) is 16.3 Å². The third kappa shape index (κ3) is 4.47. The maximum absolute atomic E-state index is 13.3. The lowest BCUT2D eigenvalue weighted by Gasteiger charge is -2.47. The molecule has 34 heavy (non-hydrogen) atoms. The minimum atomic E-state index is -0.522. The first-order chi connectivity index (χ1) is 16.0. The lowest BCUT2D eigenvalue weighted by Crippen LogP contribution is -2.54. The van der Waals surface area contributed by atoms with E-state index in [1.807, 2.05) is 6.07 Å². The van der Waals surface area contributed by atoms with E-state index < -0.39 is 11.8 Å². The van der Waals surface area contributed by atoms with Crippen LogP contribution in [0.2, 0.25) is 10.0 Å². The number of halogens is 2. The molecule has 0 aliphatic carbocycles. The molecule has 2 amide bonds. The van der Waals surface area contributed by atoms with E-state index in [1.54, 1.807) is 24.3 Å². The molecule has 0 bridgehead atoms. The molecule has 1 atom stereocenters. The Morgan fingerprint density at radius 1 is 1.15 bits per heavy atom. The molecule has 0 aromatic heterocycles. The predicted octanol–water partition coefficient (Wildman–Crippen LogP) is 6.33. The molecule has 1 saturated heterocycles. The van der Waals surface area contributed by atoms with Crippen molar-refractivity contribution in [3.05, 3.63) is 63.1 Å². The quantitative estimate of drug-likeness (QED) is 0.293. The predicted molar refractivity (Wildman–Crippen MR) is 144 cm³/mol. The number of benzene rings is 2. The summed E-state index contributed by atoms with van der Waals surface area (Å²) in [6, 6.07) is 10.9. The first-order valence-corrected chi connectivity index (χ1v) is 12.5.